The highest BCUT2D eigenvalue weighted by Gasteiger charge is 2.11. The van der Waals surface area contributed by atoms with E-state index in [1.807, 2.05) is 19.1 Å². The Bertz CT molecular complexity index is 589. The molecule has 0 aliphatic rings. The van der Waals surface area contributed by atoms with Gasteiger partial charge in [0.15, 0.2) is 0 Å². The molecular formula is C19H25NO. The molecule has 2 atom stereocenters. The fourth-order valence-corrected chi connectivity index (χ4v) is 2.49. The Balaban J connectivity index is 2.12. The van der Waals surface area contributed by atoms with Crippen molar-refractivity contribution in [3.8, 4) is 5.75 Å². The fourth-order valence-electron chi connectivity index (χ4n) is 2.49. The Morgan fingerprint density at radius 2 is 1.71 bits per heavy atom. The van der Waals surface area contributed by atoms with Crippen LogP contribution < -0.4 is 5.32 Å². The molecule has 0 bridgehead atoms. The minimum Gasteiger partial charge on any atom is -0.508 e. The van der Waals surface area contributed by atoms with Gasteiger partial charge in [0.25, 0.3) is 0 Å². The zero-order chi connectivity index (χ0) is 15.4. The molecule has 2 nitrogen and oxygen atoms in total. The van der Waals surface area contributed by atoms with Gasteiger partial charge in [0, 0.05) is 11.3 Å². The lowest BCUT2D eigenvalue weighted by Crippen LogP contribution is -2.07. The Kier molecular flexibility index (Phi) is 4.89. The first-order valence-electron chi connectivity index (χ1n) is 7.67. The minimum atomic E-state index is 0.0688. The van der Waals surface area contributed by atoms with E-state index in [-0.39, 0.29) is 6.04 Å². The molecule has 2 heteroatoms. The first-order valence-corrected chi connectivity index (χ1v) is 7.67. The molecule has 0 aromatic heterocycles. The SMILES string of the molecule is CCC(C)c1ccc(NC(C)c2cc(C)ccc2O)cc1. The van der Waals surface area contributed by atoms with Crippen LogP contribution in [0.4, 0.5) is 5.69 Å². The molecule has 2 unspecified atom stereocenters. The van der Waals surface area contributed by atoms with Gasteiger partial charge < -0.3 is 10.4 Å². The van der Waals surface area contributed by atoms with Crippen LogP contribution in [0.5, 0.6) is 5.75 Å². The van der Waals surface area contributed by atoms with Crippen LogP contribution in [0.2, 0.25) is 0 Å². The number of benzene rings is 2. The third-order valence-corrected chi connectivity index (χ3v) is 4.12. The Morgan fingerprint density at radius 1 is 1.05 bits per heavy atom. The van der Waals surface area contributed by atoms with Gasteiger partial charge in [-0.2, -0.15) is 0 Å². The van der Waals surface area contributed by atoms with Gasteiger partial charge in [-0.05, 0) is 49.9 Å². The normalized spacial score (nSPS) is 13.7. The monoisotopic (exact) mass is 283 g/mol. The van der Waals surface area contributed by atoms with E-state index in [0.717, 1.165) is 23.2 Å². The van der Waals surface area contributed by atoms with Gasteiger partial charge in [-0.1, -0.05) is 43.7 Å². The predicted molar refractivity (Wildman–Crippen MR) is 90.0 cm³/mol. The number of anilines is 1. The zero-order valence-corrected chi connectivity index (χ0v) is 13.4. The minimum absolute atomic E-state index is 0.0688. The molecule has 112 valence electrons. The van der Waals surface area contributed by atoms with Crippen molar-refractivity contribution in [2.75, 3.05) is 5.32 Å². The van der Waals surface area contributed by atoms with Gasteiger partial charge in [-0.3, -0.25) is 0 Å². The summed E-state index contributed by atoms with van der Waals surface area (Å²) >= 11 is 0. The average Bonchev–Trinajstić information content (AvgIpc) is 2.49. The van der Waals surface area contributed by atoms with Gasteiger partial charge >= 0.3 is 0 Å². The number of aromatic hydroxyl groups is 1. The molecular weight excluding hydrogens is 258 g/mol. The molecule has 0 amide bonds. The molecule has 0 saturated heterocycles. The van der Waals surface area contributed by atoms with Crippen molar-refractivity contribution in [1.82, 2.24) is 0 Å². The first-order chi connectivity index (χ1) is 10.0. The van der Waals surface area contributed by atoms with E-state index >= 15 is 0 Å². The maximum Gasteiger partial charge on any atom is 0.120 e. The van der Waals surface area contributed by atoms with Crippen molar-refractivity contribution < 1.29 is 5.11 Å². The molecule has 0 radical (unpaired) electrons. The quantitative estimate of drug-likeness (QED) is 0.771. The van der Waals surface area contributed by atoms with Crippen LogP contribution in [0.3, 0.4) is 0 Å². The van der Waals surface area contributed by atoms with Crippen molar-refractivity contribution in [1.29, 1.82) is 0 Å². The molecule has 0 saturated carbocycles. The predicted octanol–water partition coefficient (Wildman–Crippen LogP) is 5.39. The van der Waals surface area contributed by atoms with E-state index in [1.165, 1.54) is 5.56 Å². The lowest BCUT2D eigenvalue weighted by atomic mass is 9.98. The van der Waals surface area contributed by atoms with Crippen LogP contribution in [0.1, 0.15) is 55.8 Å². The summed E-state index contributed by atoms with van der Waals surface area (Å²) < 4.78 is 0. The van der Waals surface area contributed by atoms with E-state index in [2.05, 4.69) is 50.4 Å². The van der Waals surface area contributed by atoms with Gasteiger partial charge in [-0.25, -0.2) is 0 Å². The molecule has 2 N–H and O–H groups in total. The first kappa shape index (κ1) is 15.4. The summed E-state index contributed by atoms with van der Waals surface area (Å²) in [6.07, 6.45) is 1.15. The molecule has 0 spiro atoms. The maximum absolute atomic E-state index is 9.99. The molecule has 0 fully saturated rings. The summed E-state index contributed by atoms with van der Waals surface area (Å²) in [7, 11) is 0. The van der Waals surface area contributed by atoms with Gasteiger partial charge in [0.2, 0.25) is 0 Å². The second kappa shape index (κ2) is 6.66. The van der Waals surface area contributed by atoms with Crippen LogP contribution in [0, 0.1) is 6.92 Å². The van der Waals surface area contributed by atoms with Crippen molar-refractivity contribution in [3.63, 3.8) is 0 Å². The molecule has 2 rings (SSSR count). The van der Waals surface area contributed by atoms with E-state index in [4.69, 9.17) is 0 Å². The highest BCUT2D eigenvalue weighted by molar-refractivity contribution is 5.49. The van der Waals surface area contributed by atoms with Crippen LogP contribution in [-0.2, 0) is 0 Å². The highest BCUT2D eigenvalue weighted by atomic mass is 16.3. The second-order valence-corrected chi connectivity index (χ2v) is 5.86. The fraction of sp³-hybridized carbons (Fsp3) is 0.368. The number of phenols is 1. The van der Waals surface area contributed by atoms with Crippen molar-refractivity contribution >= 4 is 5.69 Å². The number of hydrogen-bond donors (Lipinski definition) is 2. The standard InChI is InChI=1S/C19H25NO/c1-5-14(3)16-7-9-17(10-8-16)20-15(4)18-12-13(2)6-11-19(18)21/h6-12,14-15,20-21H,5H2,1-4H3. The van der Waals surface area contributed by atoms with E-state index in [0.29, 0.717) is 11.7 Å². The Morgan fingerprint density at radius 3 is 2.33 bits per heavy atom. The lowest BCUT2D eigenvalue weighted by Gasteiger charge is -2.18. The topological polar surface area (TPSA) is 32.3 Å². The van der Waals surface area contributed by atoms with Gasteiger partial charge in [0.1, 0.15) is 5.75 Å². The zero-order valence-electron chi connectivity index (χ0n) is 13.4. The molecule has 0 aliphatic heterocycles. The van der Waals surface area contributed by atoms with Crippen LogP contribution in [0.25, 0.3) is 0 Å². The second-order valence-electron chi connectivity index (χ2n) is 5.86. The summed E-state index contributed by atoms with van der Waals surface area (Å²) in [4.78, 5) is 0. The molecule has 21 heavy (non-hydrogen) atoms. The third-order valence-electron chi connectivity index (χ3n) is 4.12. The lowest BCUT2D eigenvalue weighted by molar-refractivity contribution is 0.465. The summed E-state index contributed by atoms with van der Waals surface area (Å²) in [5, 5.41) is 13.4. The number of rotatable bonds is 5. The van der Waals surface area contributed by atoms with E-state index in [9.17, 15) is 5.11 Å². The summed E-state index contributed by atoms with van der Waals surface area (Å²) in [5.74, 6) is 0.939. The molecule has 2 aromatic rings. The summed E-state index contributed by atoms with van der Waals surface area (Å²) in [6.45, 7) is 8.56. The van der Waals surface area contributed by atoms with Crippen molar-refractivity contribution in [2.24, 2.45) is 0 Å². The van der Waals surface area contributed by atoms with Crippen LogP contribution in [-0.4, -0.2) is 5.11 Å². The summed E-state index contributed by atoms with van der Waals surface area (Å²) in [6, 6.07) is 14.4. The highest BCUT2D eigenvalue weighted by Crippen LogP contribution is 2.28. The third kappa shape index (κ3) is 3.78. The number of aryl methyl sites for hydroxylation is 1. The van der Waals surface area contributed by atoms with E-state index in [1.54, 1.807) is 6.07 Å². The van der Waals surface area contributed by atoms with Crippen LogP contribution in [0.15, 0.2) is 42.5 Å². The Labute approximate surface area is 127 Å². The summed E-state index contributed by atoms with van der Waals surface area (Å²) in [5.41, 5.74) is 4.54. The number of phenolic OH excluding ortho intramolecular Hbond substituents is 1. The molecule has 0 aliphatic carbocycles. The largest absolute Gasteiger partial charge is 0.508 e. The van der Waals surface area contributed by atoms with Gasteiger partial charge in [-0.15, -0.1) is 0 Å². The number of nitrogens with one attached hydrogen (secondary N) is 1. The molecule has 0 heterocycles. The van der Waals surface area contributed by atoms with E-state index < -0.39 is 0 Å². The maximum atomic E-state index is 9.99. The Hall–Kier alpha value is -1.96. The van der Waals surface area contributed by atoms with Crippen molar-refractivity contribution in [2.45, 2.75) is 46.1 Å². The smallest absolute Gasteiger partial charge is 0.120 e. The number of hydrogen-bond acceptors (Lipinski definition) is 2. The van der Waals surface area contributed by atoms with Crippen LogP contribution >= 0.6 is 0 Å². The average molecular weight is 283 g/mol. The molecule has 2 aromatic carbocycles. The van der Waals surface area contributed by atoms with Gasteiger partial charge in [0.05, 0.1) is 6.04 Å². The van der Waals surface area contributed by atoms with Crippen molar-refractivity contribution in [3.05, 3.63) is 59.2 Å².